The first kappa shape index (κ1) is 8.68. The molecular weight excluding hydrogens is 182 g/mol. The summed E-state index contributed by atoms with van der Waals surface area (Å²) in [7, 11) is 1.33. The van der Waals surface area contributed by atoms with Crippen LogP contribution in [-0.4, -0.2) is 27.4 Å². The van der Waals surface area contributed by atoms with E-state index < -0.39 is 5.97 Å². The Morgan fingerprint density at radius 1 is 1.57 bits per heavy atom. The molecule has 0 aliphatic carbocycles. The predicted octanol–water partition coefficient (Wildman–Crippen LogP) is 0.824. The summed E-state index contributed by atoms with van der Waals surface area (Å²) in [5, 5.41) is 0. The van der Waals surface area contributed by atoms with E-state index in [1.54, 1.807) is 29.8 Å². The average Bonchev–Trinajstić information content (AvgIpc) is 2.56. The van der Waals surface area contributed by atoms with E-state index in [0.717, 1.165) is 0 Å². The second-order valence-electron chi connectivity index (χ2n) is 2.81. The normalized spacial score (nSPS) is 10.4. The first-order valence-electron chi connectivity index (χ1n) is 4.12. The Balaban J connectivity index is 2.72. The maximum atomic E-state index is 11.3. The van der Waals surface area contributed by atoms with Crippen molar-refractivity contribution in [1.82, 2.24) is 14.4 Å². The molecule has 0 N–H and O–H groups in total. The van der Waals surface area contributed by atoms with Crippen molar-refractivity contribution in [2.24, 2.45) is 0 Å². The van der Waals surface area contributed by atoms with Gasteiger partial charge in [-0.05, 0) is 13.0 Å². The summed E-state index contributed by atoms with van der Waals surface area (Å²) in [5.74, 6) is 0.253. The Labute approximate surface area is 80.4 Å². The van der Waals surface area contributed by atoms with E-state index in [2.05, 4.69) is 14.7 Å². The zero-order chi connectivity index (χ0) is 10.1. The largest absolute Gasteiger partial charge is 0.464 e. The standard InChI is InChI=1S/C9H9N3O2/c1-6-11-7(9(13)14-2)8-10-4-3-5-12(6)8/h3-5H,1-2H3. The zero-order valence-corrected chi connectivity index (χ0v) is 7.89. The summed E-state index contributed by atoms with van der Waals surface area (Å²) in [5.41, 5.74) is 0.780. The van der Waals surface area contributed by atoms with E-state index in [4.69, 9.17) is 0 Å². The molecule has 2 heterocycles. The highest BCUT2D eigenvalue weighted by Gasteiger charge is 2.16. The van der Waals surface area contributed by atoms with Crippen LogP contribution in [0.15, 0.2) is 18.5 Å². The number of esters is 1. The van der Waals surface area contributed by atoms with Gasteiger partial charge in [-0.2, -0.15) is 0 Å². The molecule has 5 heteroatoms. The number of aryl methyl sites for hydroxylation is 1. The lowest BCUT2D eigenvalue weighted by molar-refractivity contribution is 0.0596. The van der Waals surface area contributed by atoms with E-state index in [9.17, 15) is 4.79 Å². The number of hydrogen-bond donors (Lipinski definition) is 0. The van der Waals surface area contributed by atoms with E-state index in [1.807, 2.05) is 0 Å². The van der Waals surface area contributed by atoms with Gasteiger partial charge in [-0.25, -0.2) is 14.8 Å². The van der Waals surface area contributed by atoms with Gasteiger partial charge in [0.1, 0.15) is 5.82 Å². The molecule has 0 unspecified atom stereocenters. The van der Waals surface area contributed by atoms with Gasteiger partial charge in [0.25, 0.3) is 0 Å². The lowest BCUT2D eigenvalue weighted by atomic mass is 10.4. The van der Waals surface area contributed by atoms with E-state index in [0.29, 0.717) is 11.5 Å². The molecule has 2 aromatic heterocycles. The second-order valence-corrected chi connectivity index (χ2v) is 2.81. The molecule has 0 fully saturated rings. The fourth-order valence-electron chi connectivity index (χ4n) is 1.31. The van der Waals surface area contributed by atoms with Crippen LogP contribution < -0.4 is 0 Å². The molecule has 0 saturated carbocycles. The van der Waals surface area contributed by atoms with Crippen molar-refractivity contribution in [2.45, 2.75) is 6.92 Å². The van der Waals surface area contributed by atoms with Gasteiger partial charge in [0.2, 0.25) is 0 Å². The lowest BCUT2D eigenvalue weighted by Gasteiger charge is -1.94. The van der Waals surface area contributed by atoms with Crippen molar-refractivity contribution in [1.29, 1.82) is 0 Å². The fraction of sp³-hybridized carbons (Fsp3) is 0.222. The molecule has 0 aliphatic heterocycles. The fourth-order valence-corrected chi connectivity index (χ4v) is 1.31. The van der Waals surface area contributed by atoms with Gasteiger partial charge in [-0.3, -0.25) is 4.40 Å². The van der Waals surface area contributed by atoms with Crippen molar-refractivity contribution >= 4 is 11.6 Å². The summed E-state index contributed by atoms with van der Waals surface area (Å²) in [6, 6.07) is 1.78. The monoisotopic (exact) mass is 191 g/mol. The molecule has 72 valence electrons. The van der Waals surface area contributed by atoms with Gasteiger partial charge in [0.05, 0.1) is 7.11 Å². The van der Waals surface area contributed by atoms with Crippen LogP contribution in [0.4, 0.5) is 0 Å². The van der Waals surface area contributed by atoms with Crippen molar-refractivity contribution < 1.29 is 9.53 Å². The number of nitrogens with zero attached hydrogens (tertiary/aromatic N) is 3. The number of ether oxygens (including phenoxy) is 1. The number of hydrogen-bond acceptors (Lipinski definition) is 4. The van der Waals surface area contributed by atoms with Gasteiger partial charge in [-0.15, -0.1) is 0 Å². The molecule has 0 atom stereocenters. The van der Waals surface area contributed by atoms with Crippen LogP contribution in [0.25, 0.3) is 5.65 Å². The lowest BCUT2D eigenvalue weighted by Crippen LogP contribution is -2.02. The third-order valence-corrected chi connectivity index (χ3v) is 1.96. The Hall–Kier alpha value is -1.91. The van der Waals surface area contributed by atoms with Gasteiger partial charge >= 0.3 is 5.97 Å². The molecule has 2 rings (SSSR count). The maximum absolute atomic E-state index is 11.3. The Morgan fingerprint density at radius 2 is 2.36 bits per heavy atom. The third-order valence-electron chi connectivity index (χ3n) is 1.96. The minimum Gasteiger partial charge on any atom is -0.464 e. The molecule has 0 spiro atoms. The highest BCUT2D eigenvalue weighted by atomic mass is 16.5. The Bertz CT molecular complexity index is 490. The first-order valence-corrected chi connectivity index (χ1v) is 4.12. The smallest absolute Gasteiger partial charge is 0.360 e. The third kappa shape index (κ3) is 1.14. The molecule has 2 aromatic rings. The van der Waals surface area contributed by atoms with Crippen LogP contribution in [0.5, 0.6) is 0 Å². The Kier molecular flexibility index (Phi) is 1.92. The van der Waals surface area contributed by atoms with Crippen LogP contribution in [-0.2, 0) is 4.74 Å². The summed E-state index contributed by atoms with van der Waals surface area (Å²) in [4.78, 5) is 19.5. The number of rotatable bonds is 1. The van der Waals surface area contributed by atoms with Crippen molar-refractivity contribution in [2.75, 3.05) is 7.11 Å². The highest BCUT2D eigenvalue weighted by Crippen LogP contribution is 2.10. The topological polar surface area (TPSA) is 56.5 Å². The van der Waals surface area contributed by atoms with Crippen LogP contribution in [0.1, 0.15) is 16.3 Å². The number of aromatic nitrogens is 3. The summed E-state index contributed by atoms with van der Waals surface area (Å²) >= 11 is 0. The SMILES string of the molecule is COC(=O)c1nc(C)n2cccnc12. The predicted molar refractivity (Wildman–Crippen MR) is 49.1 cm³/mol. The summed E-state index contributed by atoms with van der Waals surface area (Å²) < 4.78 is 6.35. The van der Waals surface area contributed by atoms with Crippen LogP contribution in [0.2, 0.25) is 0 Å². The Morgan fingerprint density at radius 3 is 3.07 bits per heavy atom. The first-order chi connectivity index (χ1) is 6.74. The van der Waals surface area contributed by atoms with Gasteiger partial charge in [0, 0.05) is 12.4 Å². The van der Waals surface area contributed by atoms with E-state index in [-0.39, 0.29) is 5.69 Å². The van der Waals surface area contributed by atoms with Crippen LogP contribution in [0.3, 0.4) is 0 Å². The molecule has 0 aliphatic rings. The van der Waals surface area contributed by atoms with E-state index >= 15 is 0 Å². The number of methoxy groups -OCH3 is 1. The number of carbonyl (C=O) groups is 1. The molecule has 0 radical (unpaired) electrons. The average molecular weight is 191 g/mol. The molecule has 0 amide bonds. The van der Waals surface area contributed by atoms with Gasteiger partial charge < -0.3 is 4.74 Å². The molecule has 0 aromatic carbocycles. The molecular formula is C9H9N3O2. The minimum absolute atomic E-state index is 0.255. The molecule has 0 saturated heterocycles. The van der Waals surface area contributed by atoms with Gasteiger partial charge in [0.15, 0.2) is 11.3 Å². The molecule has 0 bridgehead atoms. The highest BCUT2D eigenvalue weighted by molar-refractivity contribution is 5.93. The molecule has 14 heavy (non-hydrogen) atoms. The van der Waals surface area contributed by atoms with Crippen LogP contribution in [0, 0.1) is 6.92 Å². The van der Waals surface area contributed by atoms with Crippen molar-refractivity contribution in [3.05, 3.63) is 30.0 Å². The second kappa shape index (κ2) is 3.10. The quantitative estimate of drug-likeness (QED) is 0.626. The summed E-state index contributed by atoms with van der Waals surface area (Å²) in [6.45, 7) is 1.81. The number of imidazole rings is 1. The summed E-state index contributed by atoms with van der Waals surface area (Å²) in [6.07, 6.45) is 3.42. The van der Waals surface area contributed by atoms with E-state index in [1.165, 1.54) is 7.11 Å². The number of fused-ring (bicyclic) bond motifs is 1. The minimum atomic E-state index is -0.464. The number of carbonyl (C=O) groups excluding carboxylic acids is 1. The van der Waals surface area contributed by atoms with Crippen LogP contribution >= 0.6 is 0 Å². The zero-order valence-electron chi connectivity index (χ0n) is 7.89. The van der Waals surface area contributed by atoms with Gasteiger partial charge in [-0.1, -0.05) is 0 Å². The maximum Gasteiger partial charge on any atom is 0.360 e. The van der Waals surface area contributed by atoms with Crippen molar-refractivity contribution in [3.63, 3.8) is 0 Å². The molecule has 5 nitrogen and oxygen atoms in total. The van der Waals surface area contributed by atoms with Crippen molar-refractivity contribution in [3.8, 4) is 0 Å².